The molecule has 96 valence electrons. The SMILES string of the molecule is CC1=CC(=O)c2c(O)cccc2C1=O.O=S(O)O. The maximum absolute atomic E-state index is 11.6. The lowest BCUT2D eigenvalue weighted by Crippen LogP contribution is -2.15. The van der Waals surface area contributed by atoms with Crippen LogP contribution < -0.4 is 0 Å². The van der Waals surface area contributed by atoms with Gasteiger partial charge < -0.3 is 5.11 Å². The van der Waals surface area contributed by atoms with E-state index < -0.39 is 11.4 Å². The van der Waals surface area contributed by atoms with Crippen LogP contribution in [0.25, 0.3) is 0 Å². The topological polar surface area (TPSA) is 112 Å². The lowest BCUT2D eigenvalue weighted by Gasteiger charge is -2.12. The molecule has 1 aromatic rings. The first-order valence-corrected chi connectivity index (χ1v) is 5.80. The van der Waals surface area contributed by atoms with Gasteiger partial charge in [-0.1, -0.05) is 12.1 Å². The Hall–Kier alpha value is -1.83. The normalized spacial score (nSPS) is 13.7. The maximum Gasteiger partial charge on any atom is 0.299 e. The van der Waals surface area contributed by atoms with Crippen LogP contribution in [0.2, 0.25) is 0 Å². The molecule has 1 aliphatic rings. The van der Waals surface area contributed by atoms with Crippen LogP contribution in [0.15, 0.2) is 29.8 Å². The van der Waals surface area contributed by atoms with Gasteiger partial charge in [-0.25, -0.2) is 0 Å². The second kappa shape index (κ2) is 5.67. The Morgan fingerprint density at radius 2 is 1.72 bits per heavy atom. The average Bonchev–Trinajstić information content (AvgIpc) is 2.25. The van der Waals surface area contributed by atoms with E-state index in [0.717, 1.165) is 0 Å². The second-order valence-corrected chi connectivity index (χ2v) is 3.91. The summed E-state index contributed by atoms with van der Waals surface area (Å²) in [6.07, 6.45) is 1.25. The van der Waals surface area contributed by atoms with Crippen molar-refractivity contribution < 1.29 is 28.0 Å². The fourth-order valence-electron chi connectivity index (χ4n) is 1.54. The van der Waals surface area contributed by atoms with Gasteiger partial charge >= 0.3 is 0 Å². The fourth-order valence-corrected chi connectivity index (χ4v) is 1.54. The quantitative estimate of drug-likeness (QED) is 0.614. The molecule has 1 aromatic carbocycles. The summed E-state index contributed by atoms with van der Waals surface area (Å²) in [6, 6.07) is 4.50. The van der Waals surface area contributed by atoms with Crippen LogP contribution >= 0.6 is 0 Å². The zero-order chi connectivity index (χ0) is 13.9. The highest BCUT2D eigenvalue weighted by molar-refractivity contribution is 7.73. The van der Waals surface area contributed by atoms with E-state index in [-0.39, 0.29) is 28.4 Å². The number of carbonyl (C=O) groups is 2. The standard InChI is InChI=1S/C11H8O3.H2O3S/c1-6-5-9(13)10-7(11(6)14)3-2-4-8(10)12;1-4(2)3/h2-5,12H,1H3;(H2,1,2,3). The largest absolute Gasteiger partial charge is 0.507 e. The van der Waals surface area contributed by atoms with E-state index in [1.54, 1.807) is 19.1 Å². The van der Waals surface area contributed by atoms with Gasteiger partial charge in [-0.15, -0.1) is 0 Å². The van der Waals surface area contributed by atoms with Crippen LogP contribution in [-0.4, -0.2) is 30.0 Å². The van der Waals surface area contributed by atoms with Crippen molar-refractivity contribution in [2.45, 2.75) is 6.92 Å². The molecule has 2 rings (SSSR count). The molecule has 0 heterocycles. The van der Waals surface area contributed by atoms with Crippen molar-refractivity contribution >= 4 is 22.9 Å². The number of hydrogen-bond acceptors (Lipinski definition) is 4. The number of Topliss-reactive ketones (excluding diaryl/α,β-unsaturated/α-hetero) is 1. The maximum atomic E-state index is 11.6. The Morgan fingerprint density at radius 3 is 2.28 bits per heavy atom. The van der Waals surface area contributed by atoms with Gasteiger partial charge in [-0.2, -0.15) is 4.21 Å². The average molecular weight is 270 g/mol. The predicted octanol–water partition coefficient (Wildman–Crippen LogP) is 1.40. The lowest BCUT2D eigenvalue weighted by atomic mass is 9.90. The Bertz CT molecular complexity index is 557. The molecule has 0 saturated heterocycles. The highest BCUT2D eigenvalue weighted by Gasteiger charge is 2.25. The summed E-state index contributed by atoms with van der Waals surface area (Å²) in [5, 5.41) is 9.43. The first-order chi connectivity index (χ1) is 8.34. The van der Waals surface area contributed by atoms with Gasteiger partial charge in [0.1, 0.15) is 5.75 Å². The lowest BCUT2D eigenvalue weighted by molar-refractivity contribution is 0.0982. The van der Waals surface area contributed by atoms with Gasteiger partial charge in [0.15, 0.2) is 11.6 Å². The van der Waals surface area contributed by atoms with Crippen molar-refractivity contribution in [1.29, 1.82) is 0 Å². The van der Waals surface area contributed by atoms with Crippen LogP contribution in [0, 0.1) is 0 Å². The molecule has 0 amide bonds. The van der Waals surface area contributed by atoms with E-state index in [4.69, 9.17) is 13.3 Å². The van der Waals surface area contributed by atoms with Crippen LogP contribution in [0.1, 0.15) is 27.6 Å². The van der Waals surface area contributed by atoms with Crippen LogP contribution in [-0.2, 0) is 11.4 Å². The van der Waals surface area contributed by atoms with Gasteiger partial charge in [0.2, 0.25) is 0 Å². The molecular weight excluding hydrogens is 260 g/mol. The Morgan fingerprint density at radius 1 is 1.17 bits per heavy atom. The minimum Gasteiger partial charge on any atom is -0.507 e. The number of rotatable bonds is 0. The molecule has 0 bridgehead atoms. The number of aromatic hydroxyl groups is 1. The van der Waals surface area contributed by atoms with Gasteiger partial charge in [-0.05, 0) is 19.1 Å². The molecule has 7 heteroatoms. The van der Waals surface area contributed by atoms with Gasteiger partial charge in [-0.3, -0.25) is 18.7 Å². The number of benzene rings is 1. The molecule has 0 spiro atoms. The number of hydrogen-bond donors (Lipinski definition) is 3. The molecule has 0 atom stereocenters. The molecular formula is C11H10O6S. The molecule has 0 aromatic heterocycles. The van der Waals surface area contributed by atoms with Crippen molar-refractivity contribution in [3.8, 4) is 5.75 Å². The first kappa shape index (κ1) is 14.2. The Kier molecular flexibility index (Phi) is 4.49. The van der Waals surface area contributed by atoms with Crippen molar-refractivity contribution in [2.75, 3.05) is 0 Å². The van der Waals surface area contributed by atoms with Crippen molar-refractivity contribution in [2.24, 2.45) is 0 Å². The molecule has 1 aliphatic carbocycles. The van der Waals surface area contributed by atoms with Gasteiger partial charge in [0.05, 0.1) is 5.56 Å². The Balaban J connectivity index is 0.000000357. The van der Waals surface area contributed by atoms with Crippen LogP contribution in [0.4, 0.5) is 0 Å². The first-order valence-electron chi connectivity index (χ1n) is 4.74. The van der Waals surface area contributed by atoms with E-state index >= 15 is 0 Å². The van der Waals surface area contributed by atoms with E-state index in [1.807, 2.05) is 0 Å². The molecule has 0 radical (unpaired) electrons. The number of phenols is 1. The highest BCUT2D eigenvalue weighted by atomic mass is 32.2. The summed E-state index contributed by atoms with van der Waals surface area (Å²) < 4.78 is 22.8. The number of ketones is 2. The zero-order valence-electron chi connectivity index (χ0n) is 9.28. The monoisotopic (exact) mass is 270 g/mol. The smallest absolute Gasteiger partial charge is 0.299 e. The van der Waals surface area contributed by atoms with Gasteiger partial charge in [0.25, 0.3) is 11.4 Å². The number of allylic oxidation sites excluding steroid dienone is 2. The van der Waals surface area contributed by atoms with Crippen LogP contribution in [0.3, 0.4) is 0 Å². The summed E-state index contributed by atoms with van der Waals surface area (Å²) in [5.41, 5.74) is 0.811. The highest BCUT2D eigenvalue weighted by Crippen LogP contribution is 2.27. The predicted molar refractivity (Wildman–Crippen MR) is 63.9 cm³/mol. The zero-order valence-corrected chi connectivity index (χ0v) is 10.1. The number of phenolic OH excluding ortho intramolecular Hbond substituents is 1. The second-order valence-electron chi connectivity index (χ2n) is 3.45. The van der Waals surface area contributed by atoms with Gasteiger partial charge in [0, 0.05) is 11.1 Å². The summed E-state index contributed by atoms with van der Waals surface area (Å²) in [5.74, 6) is -0.643. The van der Waals surface area contributed by atoms with E-state index in [2.05, 4.69) is 0 Å². The van der Waals surface area contributed by atoms with E-state index in [1.165, 1.54) is 12.1 Å². The van der Waals surface area contributed by atoms with E-state index in [9.17, 15) is 14.7 Å². The van der Waals surface area contributed by atoms with Crippen molar-refractivity contribution in [1.82, 2.24) is 0 Å². The third kappa shape index (κ3) is 3.10. The molecule has 0 unspecified atom stereocenters. The number of carbonyl (C=O) groups excluding carboxylic acids is 2. The Labute approximate surface area is 105 Å². The summed E-state index contributed by atoms with van der Waals surface area (Å²) >= 11 is -2.61. The summed E-state index contributed by atoms with van der Waals surface area (Å²) in [7, 11) is 0. The molecule has 6 nitrogen and oxygen atoms in total. The molecule has 0 saturated carbocycles. The minimum absolute atomic E-state index is 0.114. The fraction of sp³-hybridized carbons (Fsp3) is 0.0909. The molecule has 18 heavy (non-hydrogen) atoms. The molecule has 3 N–H and O–H groups in total. The minimum atomic E-state index is -2.61. The van der Waals surface area contributed by atoms with E-state index in [0.29, 0.717) is 5.57 Å². The summed E-state index contributed by atoms with van der Waals surface area (Å²) in [4.78, 5) is 23.1. The van der Waals surface area contributed by atoms with Crippen LogP contribution in [0.5, 0.6) is 5.75 Å². The molecule has 0 fully saturated rings. The summed E-state index contributed by atoms with van der Waals surface area (Å²) in [6.45, 7) is 1.59. The van der Waals surface area contributed by atoms with Crippen molar-refractivity contribution in [3.63, 3.8) is 0 Å². The van der Waals surface area contributed by atoms with Crippen molar-refractivity contribution in [3.05, 3.63) is 41.0 Å². The third-order valence-electron chi connectivity index (χ3n) is 2.24. The number of fused-ring (bicyclic) bond motifs is 1. The molecule has 0 aliphatic heterocycles. The third-order valence-corrected chi connectivity index (χ3v) is 2.24.